The molecule has 264 valence electrons. The summed E-state index contributed by atoms with van der Waals surface area (Å²) in [4.78, 5) is 0. The van der Waals surface area contributed by atoms with E-state index in [1.54, 1.807) is 21.3 Å². The van der Waals surface area contributed by atoms with Crippen LogP contribution in [0.15, 0.2) is 72.8 Å². The van der Waals surface area contributed by atoms with Crippen LogP contribution in [0.4, 0.5) is 0 Å². The second-order valence-corrected chi connectivity index (χ2v) is 18.2. The summed E-state index contributed by atoms with van der Waals surface area (Å²) in [5.74, 6) is 3.77. The molecule has 0 radical (unpaired) electrons. The minimum absolute atomic E-state index is 0.000501. The van der Waals surface area contributed by atoms with E-state index in [2.05, 4.69) is 126 Å². The first kappa shape index (κ1) is 38.1. The van der Waals surface area contributed by atoms with E-state index in [4.69, 9.17) is 23.3 Å². The van der Waals surface area contributed by atoms with Crippen molar-refractivity contribution in [2.75, 3.05) is 21.3 Å². The lowest BCUT2D eigenvalue weighted by molar-refractivity contribution is 0.389. The number of ether oxygens (including phenoxy) is 3. The highest BCUT2D eigenvalue weighted by atomic mass is 31.2. The Balaban J connectivity index is 2.05. The fraction of sp³-hybridized carbons (Fsp3) is 0.442. The highest BCUT2D eigenvalue weighted by Crippen LogP contribution is 2.53. The molecule has 0 heterocycles. The average Bonchev–Trinajstić information content (AvgIpc) is 3.02. The predicted molar refractivity (Wildman–Crippen MR) is 207 cm³/mol. The number of hydrogen-bond donors (Lipinski definition) is 0. The van der Waals surface area contributed by atoms with Gasteiger partial charge in [-0.25, -0.2) is 0 Å². The molecule has 1 unspecified atom stereocenters. The van der Waals surface area contributed by atoms with Crippen molar-refractivity contribution in [2.24, 2.45) is 0 Å². The maximum atomic E-state index is 7.30. The van der Waals surface area contributed by atoms with Crippen LogP contribution in [0, 0.1) is 0 Å². The molecule has 0 saturated carbocycles. The molecule has 1 atom stereocenters. The van der Waals surface area contributed by atoms with Crippen molar-refractivity contribution in [3.05, 3.63) is 95.1 Å². The summed E-state index contributed by atoms with van der Waals surface area (Å²) in [5, 5.41) is 0.965. The second kappa shape index (κ2) is 14.3. The molecule has 0 aliphatic heterocycles. The Morgan fingerprint density at radius 2 is 0.939 bits per heavy atom. The first-order chi connectivity index (χ1) is 22.7. The number of methoxy groups -OCH3 is 3. The van der Waals surface area contributed by atoms with Gasteiger partial charge >= 0.3 is 8.38 Å². The SMILES string of the molecule is COc1cc(-c2cc(OC)cc(C(C)(C)C)c2OP(Oc2ccc(C(C)(C)C)cc2C(C)(C)C)c2ccccc2)c(OC)c(C(C)(C)C)c1. The van der Waals surface area contributed by atoms with Crippen molar-refractivity contribution in [1.29, 1.82) is 0 Å². The Morgan fingerprint density at radius 1 is 0.449 bits per heavy atom. The van der Waals surface area contributed by atoms with Gasteiger partial charge in [-0.15, -0.1) is 0 Å². The fourth-order valence-electron chi connectivity index (χ4n) is 5.78. The topological polar surface area (TPSA) is 46.2 Å². The van der Waals surface area contributed by atoms with Crippen LogP contribution in [0.5, 0.6) is 28.7 Å². The molecule has 4 aromatic carbocycles. The molecular formula is C43H57O5P. The van der Waals surface area contributed by atoms with Crippen LogP contribution in [0.2, 0.25) is 0 Å². The molecular weight excluding hydrogens is 627 g/mol. The highest BCUT2D eigenvalue weighted by molar-refractivity contribution is 7.56. The number of benzene rings is 4. The van der Waals surface area contributed by atoms with Gasteiger partial charge in [0.05, 0.1) is 26.6 Å². The molecule has 0 aliphatic rings. The van der Waals surface area contributed by atoms with E-state index in [-0.39, 0.29) is 21.7 Å². The molecule has 0 N–H and O–H groups in total. The van der Waals surface area contributed by atoms with Gasteiger partial charge in [0.2, 0.25) is 0 Å². The minimum atomic E-state index is -1.66. The summed E-state index contributed by atoms with van der Waals surface area (Å²) in [5.41, 5.74) is 5.46. The van der Waals surface area contributed by atoms with E-state index in [1.165, 1.54) is 5.56 Å². The van der Waals surface area contributed by atoms with Crippen molar-refractivity contribution >= 4 is 13.7 Å². The monoisotopic (exact) mass is 684 g/mol. The van der Waals surface area contributed by atoms with Crippen molar-refractivity contribution in [3.63, 3.8) is 0 Å². The molecule has 49 heavy (non-hydrogen) atoms. The zero-order valence-electron chi connectivity index (χ0n) is 32.4. The van der Waals surface area contributed by atoms with E-state index < -0.39 is 8.38 Å². The quantitative estimate of drug-likeness (QED) is 0.164. The van der Waals surface area contributed by atoms with Gasteiger partial charge in [0.25, 0.3) is 0 Å². The first-order valence-corrected chi connectivity index (χ1v) is 18.2. The smallest absolute Gasteiger partial charge is 0.326 e. The molecule has 0 bridgehead atoms. The largest absolute Gasteiger partial charge is 0.497 e. The van der Waals surface area contributed by atoms with E-state index >= 15 is 0 Å². The third-order valence-electron chi connectivity index (χ3n) is 8.68. The molecule has 0 spiro atoms. The first-order valence-electron chi connectivity index (χ1n) is 17.0. The lowest BCUT2D eigenvalue weighted by atomic mass is 9.80. The van der Waals surface area contributed by atoms with Gasteiger partial charge in [0.1, 0.15) is 28.7 Å². The predicted octanol–water partition coefficient (Wildman–Crippen LogP) is 11.7. The summed E-state index contributed by atoms with van der Waals surface area (Å²) >= 11 is 0. The molecule has 4 rings (SSSR count). The highest BCUT2D eigenvalue weighted by Gasteiger charge is 2.33. The van der Waals surface area contributed by atoms with E-state index in [0.717, 1.165) is 61.9 Å². The van der Waals surface area contributed by atoms with Gasteiger partial charge in [-0.2, -0.15) is 0 Å². The van der Waals surface area contributed by atoms with E-state index in [1.807, 2.05) is 30.3 Å². The van der Waals surface area contributed by atoms with Crippen LogP contribution in [-0.2, 0) is 21.7 Å². The lowest BCUT2D eigenvalue weighted by Crippen LogP contribution is -2.19. The van der Waals surface area contributed by atoms with Gasteiger partial charge in [-0.1, -0.05) is 113 Å². The van der Waals surface area contributed by atoms with Crippen molar-refractivity contribution in [2.45, 2.75) is 105 Å². The Hall–Kier alpha value is -3.69. The standard InChI is InChI=1S/C43H57O5P/c1-40(2,3)28-21-22-37(34(23-28)41(4,5)6)47-49(31-19-17-16-18-20-31)48-39-33(25-30(45-14)27-36(39)43(10,11)12)32-24-29(44-13)26-35(38(32)46-15)42(7,8)9/h16-27H,1-15H3. The summed E-state index contributed by atoms with van der Waals surface area (Å²) in [7, 11) is 3.46. The molecule has 5 nitrogen and oxygen atoms in total. The van der Waals surface area contributed by atoms with Crippen LogP contribution in [0.3, 0.4) is 0 Å². The van der Waals surface area contributed by atoms with Crippen LogP contribution >= 0.6 is 8.38 Å². The van der Waals surface area contributed by atoms with Crippen molar-refractivity contribution < 1.29 is 23.3 Å². The van der Waals surface area contributed by atoms with Crippen LogP contribution in [0.1, 0.15) is 105 Å². The van der Waals surface area contributed by atoms with Crippen molar-refractivity contribution in [1.82, 2.24) is 0 Å². The molecule has 0 fully saturated rings. The maximum Gasteiger partial charge on any atom is 0.326 e. The lowest BCUT2D eigenvalue weighted by Gasteiger charge is -2.31. The molecule has 4 aromatic rings. The van der Waals surface area contributed by atoms with Gasteiger partial charge in [-0.3, -0.25) is 0 Å². The zero-order chi connectivity index (χ0) is 36.5. The Labute approximate surface area is 297 Å². The molecule has 0 aromatic heterocycles. The normalized spacial score (nSPS) is 13.1. The number of rotatable bonds is 9. The van der Waals surface area contributed by atoms with E-state index in [9.17, 15) is 0 Å². The average molecular weight is 685 g/mol. The molecule has 0 saturated heterocycles. The third-order valence-corrected chi connectivity index (χ3v) is 10.1. The van der Waals surface area contributed by atoms with Crippen LogP contribution in [-0.4, -0.2) is 21.3 Å². The molecule has 0 amide bonds. The molecule has 6 heteroatoms. The van der Waals surface area contributed by atoms with Crippen molar-refractivity contribution in [3.8, 4) is 39.9 Å². The summed E-state index contributed by atoms with van der Waals surface area (Å²) in [6.07, 6.45) is 0. The van der Waals surface area contributed by atoms with Gasteiger partial charge in [0, 0.05) is 27.8 Å². The molecule has 0 aliphatic carbocycles. The maximum absolute atomic E-state index is 7.30. The summed E-state index contributed by atoms with van der Waals surface area (Å²) < 4.78 is 32.4. The van der Waals surface area contributed by atoms with E-state index in [0.29, 0.717) is 0 Å². The third kappa shape index (κ3) is 8.73. The van der Waals surface area contributed by atoms with Gasteiger partial charge in [0.15, 0.2) is 0 Å². The Morgan fingerprint density at radius 3 is 1.39 bits per heavy atom. The Kier molecular flexibility index (Phi) is 11.1. The summed E-state index contributed by atoms with van der Waals surface area (Å²) in [6, 6.07) is 25.0. The Bertz CT molecular complexity index is 1750. The minimum Gasteiger partial charge on any atom is -0.497 e. The summed E-state index contributed by atoms with van der Waals surface area (Å²) in [6.45, 7) is 26.5. The second-order valence-electron chi connectivity index (χ2n) is 16.8. The zero-order valence-corrected chi connectivity index (χ0v) is 33.3. The van der Waals surface area contributed by atoms with Gasteiger partial charge in [-0.05, 0) is 69.7 Å². The van der Waals surface area contributed by atoms with Crippen LogP contribution in [0.25, 0.3) is 11.1 Å². The number of hydrogen-bond acceptors (Lipinski definition) is 5. The van der Waals surface area contributed by atoms with Gasteiger partial charge < -0.3 is 23.3 Å². The van der Waals surface area contributed by atoms with Crippen LogP contribution < -0.4 is 28.6 Å². The fourth-order valence-corrected chi connectivity index (χ4v) is 7.15.